The van der Waals surface area contributed by atoms with Gasteiger partial charge in [0.25, 0.3) is 0 Å². The third kappa shape index (κ3) is 5.17. The van der Waals surface area contributed by atoms with Gasteiger partial charge in [0.15, 0.2) is 5.13 Å². The Balaban J connectivity index is 2.79. The van der Waals surface area contributed by atoms with Gasteiger partial charge < -0.3 is 14.8 Å². The molecule has 0 aliphatic heterocycles. The second-order valence-corrected chi connectivity index (χ2v) is 7.35. The minimum Gasteiger partial charge on any atom is -0.375 e. The molecule has 1 rings (SSSR count). The molecule has 0 spiro atoms. The second kappa shape index (κ2) is 5.96. The van der Waals surface area contributed by atoms with E-state index in [9.17, 15) is 4.57 Å². The van der Waals surface area contributed by atoms with Crippen molar-refractivity contribution in [3.63, 3.8) is 0 Å². The number of nitrogens with two attached hydrogens (primary N) is 1. The van der Waals surface area contributed by atoms with Gasteiger partial charge in [-0.2, -0.15) is 0 Å². The van der Waals surface area contributed by atoms with Gasteiger partial charge in [-0.05, 0) is 27.7 Å². The quantitative estimate of drug-likeness (QED) is 0.808. The maximum atomic E-state index is 12.5. The molecule has 0 aliphatic rings. The van der Waals surface area contributed by atoms with E-state index in [0.29, 0.717) is 5.13 Å². The van der Waals surface area contributed by atoms with Gasteiger partial charge in [-0.3, -0.25) is 4.57 Å². The third-order valence-corrected chi connectivity index (χ3v) is 4.92. The van der Waals surface area contributed by atoms with E-state index in [1.165, 1.54) is 11.3 Å². The molecule has 0 aromatic carbocycles. The van der Waals surface area contributed by atoms with Gasteiger partial charge >= 0.3 is 7.60 Å². The Morgan fingerprint density at radius 2 is 1.88 bits per heavy atom. The van der Waals surface area contributed by atoms with Crippen LogP contribution in [0.15, 0.2) is 6.20 Å². The Hall–Kier alpha value is -0.420. The van der Waals surface area contributed by atoms with Gasteiger partial charge in [-0.25, -0.2) is 4.98 Å². The van der Waals surface area contributed by atoms with Crippen LogP contribution >= 0.6 is 18.9 Å². The Morgan fingerprint density at radius 3 is 2.24 bits per heavy atom. The Bertz CT molecular complexity index is 392. The van der Waals surface area contributed by atoms with E-state index in [1.807, 2.05) is 27.7 Å². The first-order chi connectivity index (χ1) is 7.81. The monoisotopic (exact) mass is 278 g/mol. The number of nitrogen functional groups attached to an aromatic ring is 1. The standard InChI is InChI=1S/C10H19N2O3PS/c1-7(2)14-16(13,15-8(3)4)6-9-5-12-10(11)17-9/h5,7-8H,6H2,1-4H3,(H2,11,12). The molecule has 0 radical (unpaired) electrons. The van der Waals surface area contributed by atoms with Gasteiger partial charge in [0.1, 0.15) is 0 Å². The van der Waals surface area contributed by atoms with Crippen LogP contribution in [0.4, 0.5) is 5.13 Å². The molecule has 5 nitrogen and oxygen atoms in total. The number of nitrogens with zero attached hydrogens (tertiary/aromatic N) is 1. The lowest BCUT2D eigenvalue weighted by Crippen LogP contribution is -2.09. The zero-order valence-electron chi connectivity index (χ0n) is 10.5. The van der Waals surface area contributed by atoms with Crippen LogP contribution in [0.3, 0.4) is 0 Å². The largest absolute Gasteiger partial charge is 0.375 e. The summed E-state index contributed by atoms with van der Waals surface area (Å²) in [7, 11) is -3.13. The average molecular weight is 278 g/mol. The maximum absolute atomic E-state index is 12.5. The molecule has 0 saturated carbocycles. The summed E-state index contributed by atoms with van der Waals surface area (Å²) in [5, 5.41) is 0.459. The van der Waals surface area contributed by atoms with Crippen molar-refractivity contribution in [1.82, 2.24) is 4.98 Å². The molecule has 7 heteroatoms. The van der Waals surface area contributed by atoms with Gasteiger partial charge in [0, 0.05) is 11.1 Å². The molecule has 0 fully saturated rings. The molecule has 0 saturated heterocycles. The minimum atomic E-state index is -3.13. The molecule has 17 heavy (non-hydrogen) atoms. The molecule has 1 heterocycles. The number of anilines is 1. The normalized spacial score (nSPS) is 12.6. The summed E-state index contributed by atoms with van der Waals surface area (Å²) in [6, 6.07) is 0. The highest BCUT2D eigenvalue weighted by molar-refractivity contribution is 7.53. The highest BCUT2D eigenvalue weighted by Crippen LogP contribution is 2.54. The highest BCUT2D eigenvalue weighted by atomic mass is 32.1. The number of thiazole rings is 1. The first kappa shape index (κ1) is 14.6. The van der Waals surface area contributed by atoms with Crippen LogP contribution in [0, 0.1) is 0 Å². The predicted octanol–water partition coefficient (Wildman–Crippen LogP) is 3.27. The molecule has 0 atom stereocenters. The molecule has 0 unspecified atom stereocenters. The zero-order valence-corrected chi connectivity index (χ0v) is 12.3. The zero-order chi connectivity index (χ0) is 13.1. The molecule has 98 valence electrons. The summed E-state index contributed by atoms with van der Waals surface area (Å²) < 4.78 is 23.4. The Labute approximate surface area is 106 Å². The lowest BCUT2D eigenvalue weighted by atomic mass is 10.5. The van der Waals surface area contributed by atoms with Crippen LogP contribution in [0.2, 0.25) is 0 Å². The van der Waals surface area contributed by atoms with Crippen LogP contribution in [0.25, 0.3) is 0 Å². The summed E-state index contributed by atoms with van der Waals surface area (Å²) in [4.78, 5) is 4.74. The molecule has 0 bridgehead atoms. The summed E-state index contributed by atoms with van der Waals surface area (Å²) in [6.45, 7) is 7.32. The van der Waals surface area contributed by atoms with Gasteiger partial charge in [-0.1, -0.05) is 0 Å². The second-order valence-electron chi connectivity index (χ2n) is 4.24. The van der Waals surface area contributed by atoms with E-state index in [4.69, 9.17) is 14.8 Å². The van der Waals surface area contributed by atoms with Gasteiger partial charge in [0.2, 0.25) is 0 Å². The number of aromatic nitrogens is 1. The SMILES string of the molecule is CC(C)OP(=O)(Cc1cnc(N)s1)OC(C)C. The molecule has 1 aromatic heterocycles. The van der Waals surface area contributed by atoms with E-state index in [0.717, 1.165) is 4.88 Å². The lowest BCUT2D eigenvalue weighted by molar-refractivity contribution is 0.142. The van der Waals surface area contributed by atoms with Crippen molar-refractivity contribution in [2.45, 2.75) is 46.1 Å². The maximum Gasteiger partial charge on any atom is 0.336 e. The molecule has 0 amide bonds. The van der Waals surface area contributed by atoms with Crippen molar-refractivity contribution in [2.24, 2.45) is 0 Å². The van der Waals surface area contributed by atoms with E-state index in [1.54, 1.807) is 6.20 Å². The summed E-state index contributed by atoms with van der Waals surface area (Å²) >= 11 is 1.30. The van der Waals surface area contributed by atoms with Crippen molar-refractivity contribution in [3.8, 4) is 0 Å². The van der Waals surface area contributed by atoms with Crippen molar-refractivity contribution < 1.29 is 13.6 Å². The van der Waals surface area contributed by atoms with E-state index in [2.05, 4.69) is 4.98 Å². The summed E-state index contributed by atoms with van der Waals surface area (Å²) in [5.74, 6) is 0. The van der Waals surface area contributed by atoms with E-state index < -0.39 is 7.60 Å². The van der Waals surface area contributed by atoms with Crippen LogP contribution in [0.5, 0.6) is 0 Å². The van der Waals surface area contributed by atoms with Crippen molar-refractivity contribution in [3.05, 3.63) is 11.1 Å². The van der Waals surface area contributed by atoms with Gasteiger partial charge in [-0.15, -0.1) is 11.3 Å². The first-order valence-electron chi connectivity index (χ1n) is 5.47. The smallest absolute Gasteiger partial charge is 0.336 e. The molecular formula is C10H19N2O3PS. The Morgan fingerprint density at radius 1 is 1.35 bits per heavy atom. The van der Waals surface area contributed by atoms with E-state index >= 15 is 0 Å². The van der Waals surface area contributed by atoms with Crippen LogP contribution < -0.4 is 5.73 Å². The fourth-order valence-corrected chi connectivity index (χ4v) is 4.49. The molecule has 1 aromatic rings. The van der Waals surface area contributed by atoms with Crippen LogP contribution in [-0.2, 0) is 19.8 Å². The van der Waals surface area contributed by atoms with Gasteiger partial charge in [0.05, 0.1) is 18.4 Å². The molecule has 0 aliphatic carbocycles. The molecular weight excluding hydrogens is 259 g/mol. The first-order valence-corrected chi connectivity index (χ1v) is 8.01. The van der Waals surface area contributed by atoms with Crippen molar-refractivity contribution in [1.29, 1.82) is 0 Å². The number of rotatable bonds is 6. The highest BCUT2D eigenvalue weighted by Gasteiger charge is 2.29. The van der Waals surface area contributed by atoms with Crippen molar-refractivity contribution >= 4 is 24.1 Å². The average Bonchev–Trinajstić information content (AvgIpc) is 2.46. The number of hydrogen-bond acceptors (Lipinski definition) is 6. The fourth-order valence-electron chi connectivity index (χ4n) is 1.33. The summed E-state index contributed by atoms with van der Waals surface area (Å²) in [5.41, 5.74) is 5.54. The molecule has 2 N–H and O–H groups in total. The Kier molecular flexibility index (Phi) is 5.13. The third-order valence-electron chi connectivity index (χ3n) is 1.66. The van der Waals surface area contributed by atoms with Crippen LogP contribution in [0.1, 0.15) is 32.6 Å². The number of hydrogen-bond donors (Lipinski definition) is 1. The van der Waals surface area contributed by atoms with E-state index in [-0.39, 0.29) is 18.4 Å². The fraction of sp³-hybridized carbons (Fsp3) is 0.700. The van der Waals surface area contributed by atoms with Crippen LogP contribution in [-0.4, -0.2) is 17.2 Å². The lowest BCUT2D eigenvalue weighted by Gasteiger charge is -2.22. The predicted molar refractivity (Wildman–Crippen MR) is 70.3 cm³/mol. The minimum absolute atomic E-state index is 0.148. The summed E-state index contributed by atoms with van der Waals surface area (Å²) in [6.07, 6.45) is 1.54. The van der Waals surface area contributed by atoms with Crippen molar-refractivity contribution in [2.75, 3.05) is 5.73 Å². The topological polar surface area (TPSA) is 74.4 Å².